The molecule has 0 aromatic carbocycles. The third-order valence-corrected chi connectivity index (χ3v) is 24.1. The molecule has 3 aliphatic carbocycles. The lowest BCUT2D eigenvalue weighted by atomic mass is 9.78. The molecule has 3 N–H and O–H groups in total. The number of hydrogen-bond acceptors (Lipinski definition) is 12. The minimum absolute atomic E-state index is 0.00173. The van der Waals surface area contributed by atoms with Crippen LogP contribution in [0.2, 0.25) is 0 Å². The smallest absolute Gasteiger partial charge is 0.343 e. The van der Waals surface area contributed by atoms with Gasteiger partial charge in [-0.05, 0) is 127 Å². The second-order valence-corrected chi connectivity index (χ2v) is 31.5. The van der Waals surface area contributed by atoms with Crippen molar-refractivity contribution in [3.05, 3.63) is 0 Å². The highest BCUT2D eigenvalue weighted by Crippen LogP contribution is 2.44. The summed E-state index contributed by atoms with van der Waals surface area (Å²) in [4.78, 5) is 192. The van der Waals surface area contributed by atoms with Crippen molar-refractivity contribution >= 4 is 82.5 Å². The van der Waals surface area contributed by atoms with Gasteiger partial charge in [-0.25, -0.2) is 0 Å². The molecule has 4 saturated heterocycles. The fourth-order valence-electron chi connectivity index (χ4n) is 16.7. The number of carbonyl (C=O) groups is 12. The van der Waals surface area contributed by atoms with E-state index in [0.717, 1.165) is 44.9 Å². The number of alkyl halides is 4. The van der Waals surface area contributed by atoms with E-state index >= 15 is 28.8 Å². The fourth-order valence-corrected chi connectivity index (χ4v) is 17.2. The standard InChI is InChI=1S/C73H118ClF3N12O12/c1-13-15-18-28-53-62(92)79-60(46(5)14-2)69(99)82(8)47(6)64(94)89-40-34-55(89)67(97)84(10)56(42-48-26-19-16-20-27-48)66(96)81(7)44-58(90)78-52(33-31-49-30-32-50(51(74)41-49)73(75,76)77)65(95)88-39-25-29-54(88)63(93)80-72(35-21-22-36-72)71(101)86(12)61(45(3)4)70(100)85(11)57(43-59(91)83(53)9)68(98)87-37-23-17-24-38-87/h45-57,60-61H,13-44H2,1-12H3,(H,78,90)(H,79,92)(H,80,93)/t46-,47-,49?,50?,51?,52-,53-,54-,55-,56-,57-,60-,61-/m0/s1. The van der Waals surface area contributed by atoms with Gasteiger partial charge in [-0.1, -0.05) is 105 Å². The first-order chi connectivity index (χ1) is 47.7. The first-order valence-electron chi connectivity index (χ1n) is 37.8. The van der Waals surface area contributed by atoms with Gasteiger partial charge in [0.25, 0.3) is 0 Å². The normalized spacial score (nSPS) is 30.7. The van der Waals surface area contributed by atoms with E-state index in [2.05, 4.69) is 16.0 Å². The van der Waals surface area contributed by atoms with Crippen LogP contribution in [-0.4, -0.2) is 261 Å². The van der Waals surface area contributed by atoms with Crippen molar-refractivity contribution in [2.24, 2.45) is 29.6 Å². The minimum Gasteiger partial charge on any atom is -0.343 e. The molecule has 7 aliphatic rings. The molecule has 28 heteroatoms. The molecular formula is C73H118ClF3N12O12. The van der Waals surface area contributed by atoms with Gasteiger partial charge in [-0.2, -0.15) is 13.2 Å². The number of likely N-dealkylation sites (tertiary alicyclic amines) is 1. The molecule has 7 fully saturated rings. The Morgan fingerprint density at radius 2 is 1.24 bits per heavy atom. The lowest BCUT2D eigenvalue weighted by Gasteiger charge is -2.45. The van der Waals surface area contributed by atoms with Crippen LogP contribution in [0.15, 0.2) is 0 Å². The average molecular weight is 1450 g/mol. The number of halogens is 4. The maximum Gasteiger partial charge on any atom is 0.393 e. The molecule has 7 rings (SSSR count). The fraction of sp³-hybridized carbons (Fsp3) is 0.836. The quantitative estimate of drug-likeness (QED) is 0.130. The Labute approximate surface area is 601 Å². The van der Waals surface area contributed by atoms with Crippen LogP contribution in [0.4, 0.5) is 13.2 Å². The topological polar surface area (TPSA) is 270 Å². The molecule has 0 radical (unpaired) electrons. The highest BCUT2D eigenvalue weighted by molar-refractivity contribution is 6.21. The van der Waals surface area contributed by atoms with Gasteiger partial charge in [0.2, 0.25) is 70.9 Å². The number of rotatable bonds is 13. The van der Waals surface area contributed by atoms with Crippen LogP contribution in [0.25, 0.3) is 0 Å². The van der Waals surface area contributed by atoms with E-state index in [-0.39, 0.29) is 95.6 Å². The zero-order valence-electron chi connectivity index (χ0n) is 62.2. The molecule has 3 unspecified atom stereocenters. The number of piperidine rings is 1. The molecule has 4 heterocycles. The second-order valence-electron chi connectivity index (χ2n) is 30.9. The molecule has 0 aromatic heterocycles. The van der Waals surface area contributed by atoms with Gasteiger partial charge in [0.15, 0.2) is 0 Å². The summed E-state index contributed by atoms with van der Waals surface area (Å²) in [7, 11) is 8.72. The van der Waals surface area contributed by atoms with Gasteiger partial charge in [0, 0.05) is 73.8 Å². The van der Waals surface area contributed by atoms with Crippen LogP contribution in [-0.2, 0) is 57.5 Å². The maximum absolute atomic E-state index is 15.5. The third kappa shape index (κ3) is 19.8. The van der Waals surface area contributed by atoms with E-state index < -0.39 is 173 Å². The molecule has 1 spiro atoms. The number of hydrogen-bond donors (Lipinski definition) is 3. The summed E-state index contributed by atoms with van der Waals surface area (Å²) in [6.45, 7) is 11.1. The number of fused-ring (bicyclic) bond motifs is 2. The van der Waals surface area contributed by atoms with Crippen LogP contribution in [0, 0.1) is 29.6 Å². The monoisotopic (exact) mass is 1450 g/mol. The van der Waals surface area contributed by atoms with Crippen LogP contribution >= 0.6 is 11.6 Å². The summed E-state index contributed by atoms with van der Waals surface area (Å²) in [5, 5.41) is 7.64. The molecule has 570 valence electrons. The summed E-state index contributed by atoms with van der Waals surface area (Å²) < 4.78 is 42.1. The van der Waals surface area contributed by atoms with E-state index in [0.29, 0.717) is 64.5 Å². The first-order valence-corrected chi connectivity index (χ1v) is 38.2. The molecule has 12 amide bonds. The number of likely N-dealkylation sites (N-methyl/N-ethyl adjacent to an activating group) is 6. The van der Waals surface area contributed by atoms with Gasteiger partial charge < -0.3 is 60.0 Å². The second kappa shape index (κ2) is 36.4. The predicted molar refractivity (Wildman–Crippen MR) is 375 cm³/mol. The zero-order chi connectivity index (χ0) is 74.5. The molecule has 101 heavy (non-hydrogen) atoms. The van der Waals surface area contributed by atoms with Gasteiger partial charge in [0.05, 0.1) is 18.9 Å². The van der Waals surface area contributed by atoms with Crippen LogP contribution < -0.4 is 16.0 Å². The van der Waals surface area contributed by atoms with Crippen molar-refractivity contribution < 1.29 is 70.7 Å². The molecular weight excluding hydrogens is 1330 g/mol. The molecule has 24 nitrogen and oxygen atoms in total. The Morgan fingerprint density at radius 1 is 0.594 bits per heavy atom. The highest BCUT2D eigenvalue weighted by Gasteiger charge is 2.52. The Kier molecular flexibility index (Phi) is 29.6. The van der Waals surface area contributed by atoms with Crippen molar-refractivity contribution in [1.29, 1.82) is 0 Å². The maximum atomic E-state index is 15.5. The minimum atomic E-state index is -4.51. The van der Waals surface area contributed by atoms with Crippen molar-refractivity contribution in [1.82, 2.24) is 60.0 Å². The molecule has 0 aromatic rings. The summed E-state index contributed by atoms with van der Waals surface area (Å²) in [6.07, 6.45) is 6.66. The van der Waals surface area contributed by atoms with E-state index in [1.165, 1.54) is 88.4 Å². The lowest BCUT2D eigenvalue weighted by Crippen LogP contribution is -2.65. The van der Waals surface area contributed by atoms with Crippen molar-refractivity contribution in [3.63, 3.8) is 0 Å². The highest BCUT2D eigenvalue weighted by atomic mass is 35.5. The third-order valence-electron chi connectivity index (χ3n) is 23.7. The Bertz CT molecular complexity index is 2940. The Morgan fingerprint density at radius 3 is 1.83 bits per heavy atom. The number of carbonyl (C=O) groups excluding carboxylic acids is 12. The predicted octanol–water partition coefficient (Wildman–Crippen LogP) is 6.63. The summed E-state index contributed by atoms with van der Waals surface area (Å²) in [5.74, 6) is -10.4. The van der Waals surface area contributed by atoms with E-state index in [1.54, 1.807) is 25.7 Å². The lowest BCUT2D eigenvalue weighted by molar-refractivity contribution is -0.182. The average Bonchev–Trinajstić information content (AvgIpc) is 1.43. The molecule has 0 bridgehead atoms. The Hall–Kier alpha value is -6.28. The first kappa shape index (κ1) is 82.0. The number of unbranched alkanes of at least 4 members (excludes halogenated alkanes) is 2. The van der Waals surface area contributed by atoms with Gasteiger partial charge in [-0.15, -0.1) is 11.6 Å². The van der Waals surface area contributed by atoms with Gasteiger partial charge in [0.1, 0.15) is 59.9 Å². The van der Waals surface area contributed by atoms with Crippen LogP contribution in [0.5, 0.6) is 0 Å². The van der Waals surface area contributed by atoms with Crippen molar-refractivity contribution in [2.45, 2.75) is 286 Å². The van der Waals surface area contributed by atoms with E-state index in [1.807, 2.05) is 13.8 Å². The van der Waals surface area contributed by atoms with Crippen molar-refractivity contribution in [3.8, 4) is 0 Å². The van der Waals surface area contributed by atoms with Gasteiger partial charge >= 0.3 is 6.18 Å². The SMILES string of the molecule is CCCCC[C@H]1C(=O)N[C@@H]([C@@H](C)CC)C(=O)N(C)[C@@H](C)C(=O)N2CC[C@H]2C(=O)N(C)[C@@H](CC2CCCCC2)C(=O)N(C)CC(=O)N[C@@H](CCC2CCC(C(F)(F)F)C(Cl)C2)C(=O)N2CCC[C@H]2C(=O)NC2(CCCC2)C(=O)N(C)[C@@H](C(C)C)C(=O)N(C)[C@H](C(=O)N2CCCCC2)CC(=O)N1C. The molecule has 13 atom stereocenters. The number of nitrogens with zero attached hydrogens (tertiary/aromatic N) is 9. The molecule has 3 saturated carbocycles. The number of nitrogens with one attached hydrogen (secondary N) is 3. The largest absolute Gasteiger partial charge is 0.393 e. The van der Waals surface area contributed by atoms with Gasteiger partial charge in [-0.3, -0.25) is 57.5 Å². The molecule has 4 aliphatic heterocycles. The van der Waals surface area contributed by atoms with E-state index in [4.69, 9.17) is 11.6 Å². The summed E-state index contributed by atoms with van der Waals surface area (Å²) in [5.41, 5.74) is -1.56. The van der Waals surface area contributed by atoms with E-state index in [9.17, 15) is 41.9 Å². The Balaban J connectivity index is 1.27. The summed E-state index contributed by atoms with van der Waals surface area (Å²) >= 11 is 6.41. The van der Waals surface area contributed by atoms with Crippen molar-refractivity contribution in [2.75, 3.05) is 75.0 Å². The van der Waals surface area contributed by atoms with Crippen LogP contribution in [0.3, 0.4) is 0 Å². The van der Waals surface area contributed by atoms with Crippen LogP contribution in [0.1, 0.15) is 215 Å². The zero-order valence-corrected chi connectivity index (χ0v) is 63.0. The summed E-state index contributed by atoms with van der Waals surface area (Å²) in [6, 6.07) is -10.8. The number of amides is 12.